The number of aromatic nitrogens is 1. The summed E-state index contributed by atoms with van der Waals surface area (Å²) in [6.45, 7) is 3.89. The minimum atomic E-state index is 0.0400. The van der Waals surface area contributed by atoms with Crippen LogP contribution in [0.4, 0.5) is 0 Å². The number of piperidine rings is 1. The standard InChI is InChI=1S/C20H25N3O2S/c1-12-18(13(2)25-23-12)11-26-19-6-4-3-5-17(19)20(24)22-16-9-14-7-8-15(10-16)21-14/h3-6,14-16,21H,7-11H2,1-2H3,(H,22,24). The highest BCUT2D eigenvalue weighted by molar-refractivity contribution is 7.98. The van der Waals surface area contributed by atoms with Gasteiger partial charge < -0.3 is 15.2 Å². The molecule has 0 saturated carbocycles. The highest BCUT2D eigenvalue weighted by atomic mass is 32.2. The second-order valence-corrected chi connectivity index (χ2v) is 8.38. The molecule has 1 aromatic heterocycles. The predicted octanol–water partition coefficient (Wildman–Crippen LogP) is 3.60. The topological polar surface area (TPSA) is 67.2 Å². The zero-order valence-corrected chi connectivity index (χ0v) is 16.1. The highest BCUT2D eigenvalue weighted by Crippen LogP contribution is 2.30. The van der Waals surface area contributed by atoms with E-state index in [4.69, 9.17) is 4.52 Å². The van der Waals surface area contributed by atoms with Gasteiger partial charge in [-0.15, -0.1) is 11.8 Å². The molecule has 138 valence electrons. The van der Waals surface area contributed by atoms with Gasteiger partial charge in [-0.2, -0.15) is 0 Å². The first-order valence-corrected chi connectivity index (χ1v) is 10.3. The summed E-state index contributed by atoms with van der Waals surface area (Å²) in [6, 6.07) is 9.27. The number of rotatable bonds is 5. The Bertz CT molecular complexity index is 773. The van der Waals surface area contributed by atoms with Crippen LogP contribution in [0.5, 0.6) is 0 Å². The highest BCUT2D eigenvalue weighted by Gasteiger charge is 2.34. The molecule has 1 aromatic carbocycles. The number of hydrogen-bond donors (Lipinski definition) is 2. The van der Waals surface area contributed by atoms with Crippen LogP contribution >= 0.6 is 11.8 Å². The molecule has 2 bridgehead atoms. The Hall–Kier alpha value is -1.79. The molecular weight excluding hydrogens is 346 g/mol. The second kappa shape index (κ2) is 7.45. The fourth-order valence-electron chi connectivity index (χ4n) is 4.08. The Labute approximate surface area is 158 Å². The number of benzene rings is 1. The third kappa shape index (κ3) is 3.67. The first kappa shape index (κ1) is 17.6. The van der Waals surface area contributed by atoms with Crippen LogP contribution in [-0.4, -0.2) is 29.2 Å². The zero-order chi connectivity index (χ0) is 18.1. The summed E-state index contributed by atoms with van der Waals surface area (Å²) in [4.78, 5) is 13.9. The lowest BCUT2D eigenvalue weighted by molar-refractivity contribution is 0.0921. The van der Waals surface area contributed by atoms with Crippen molar-refractivity contribution >= 4 is 17.7 Å². The summed E-state index contributed by atoms with van der Waals surface area (Å²) in [5.41, 5.74) is 2.79. The van der Waals surface area contributed by atoms with E-state index in [2.05, 4.69) is 15.8 Å². The van der Waals surface area contributed by atoms with Crippen molar-refractivity contribution in [3.8, 4) is 0 Å². The molecule has 0 aliphatic carbocycles. The molecule has 6 heteroatoms. The summed E-state index contributed by atoms with van der Waals surface area (Å²) in [6.07, 6.45) is 4.55. The molecule has 3 heterocycles. The number of amides is 1. The van der Waals surface area contributed by atoms with Gasteiger partial charge in [-0.05, 0) is 51.7 Å². The lowest BCUT2D eigenvalue weighted by Crippen LogP contribution is -2.48. The molecule has 1 amide bonds. The van der Waals surface area contributed by atoms with Crippen LogP contribution in [0, 0.1) is 13.8 Å². The zero-order valence-electron chi connectivity index (χ0n) is 15.2. The van der Waals surface area contributed by atoms with Gasteiger partial charge in [0.1, 0.15) is 5.76 Å². The van der Waals surface area contributed by atoms with E-state index >= 15 is 0 Å². The maximum atomic E-state index is 12.9. The maximum absolute atomic E-state index is 12.9. The van der Waals surface area contributed by atoms with Crippen molar-refractivity contribution in [1.82, 2.24) is 15.8 Å². The average molecular weight is 372 g/mol. The van der Waals surface area contributed by atoms with E-state index in [9.17, 15) is 4.79 Å². The molecule has 2 atom stereocenters. The van der Waals surface area contributed by atoms with Crippen LogP contribution in [-0.2, 0) is 5.75 Å². The minimum Gasteiger partial charge on any atom is -0.361 e. The quantitative estimate of drug-likeness (QED) is 0.786. The van der Waals surface area contributed by atoms with Gasteiger partial charge in [0.2, 0.25) is 0 Å². The van der Waals surface area contributed by atoms with Gasteiger partial charge in [0.15, 0.2) is 0 Å². The molecule has 0 radical (unpaired) electrons. The monoisotopic (exact) mass is 371 g/mol. The Morgan fingerprint density at radius 2 is 2.00 bits per heavy atom. The number of nitrogens with one attached hydrogen (secondary N) is 2. The maximum Gasteiger partial charge on any atom is 0.252 e. The molecule has 2 aliphatic rings. The van der Waals surface area contributed by atoms with Crippen molar-refractivity contribution in [3.05, 3.63) is 46.8 Å². The Kier molecular flexibility index (Phi) is 5.05. The number of aryl methyl sites for hydroxylation is 2. The molecule has 2 saturated heterocycles. The van der Waals surface area contributed by atoms with E-state index in [1.807, 2.05) is 38.1 Å². The number of thioether (sulfide) groups is 1. The number of hydrogen-bond acceptors (Lipinski definition) is 5. The summed E-state index contributed by atoms with van der Waals surface area (Å²) >= 11 is 1.66. The Morgan fingerprint density at radius 3 is 2.69 bits per heavy atom. The number of carbonyl (C=O) groups is 1. The third-order valence-corrected chi connectivity index (χ3v) is 6.59. The van der Waals surface area contributed by atoms with Crippen LogP contribution in [0.15, 0.2) is 33.7 Å². The van der Waals surface area contributed by atoms with Crippen molar-refractivity contribution in [2.24, 2.45) is 0 Å². The summed E-state index contributed by atoms with van der Waals surface area (Å²) in [5, 5.41) is 10.9. The Balaban J connectivity index is 1.44. The SMILES string of the molecule is Cc1noc(C)c1CSc1ccccc1C(=O)NC1CC2CCC(C1)N2. The van der Waals surface area contributed by atoms with Crippen LogP contribution in [0.2, 0.25) is 0 Å². The van der Waals surface area contributed by atoms with Crippen molar-refractivity contribution < 1.29 is 9.32 Å². The van der Waals surface area contributed by atoms with E-state index < -0.39 is 0 Å². The first-order chi connectivity index (χ1) is 12.6. The molecule has 2 unspecified atom stereocenters. The largest absolute Gasteiger partial charge is 0.361 e. The van der Waals surface area contributed by atoms with Gasteiger partial charge in [0, 0.05) is 34.3 Å². The molecule has 26 heavy (non-hydrogen) atoms. The third-order valence-electron chi connectivity index (χ3n) is 5.49. The van der Waals surface area contributed by atoms with E-state index in [1.54, 1.807) is 11.8 Å². The van der Waals surface area contributed by atoms with Crippen molar-refractivity contribution in [2.45, 2.75) is 68.3 Å². The van der Waals surface area contributed by atoms with Crippen LogP contribution in [0.3, 0.4) is 0 Å². The smallest absolute Gasteiger partial charge is 0.252 e. The summed E-state index contributed by atoms with van der Waals surface area (Å²) in [7, 11) is 0. The molecule has 2 aliphatic heterocycles. The van der Waals surface area contributed by atoms with Crippen molar-refractivity contribution in [1.29, 1.82) is 0 Å². The van der Waals surface area contributed by atoms with Gasteiger partial charge in [0.25, 0.3) is 5.91 Å². The van der Waals surface area contributed by atoms with Gasteiger partial charge in [-0.3, -0.25) is 4.79 Å². The second-order valence-electron chi connectivity index (χ2n) is 7.37. The fraction of sp³-hybridized carbons (Fsp3) is 0.500. The van der Waals surface area contributed by atoms with Crippen LogP contribution in [0.25, 0.3) is 0 Å². The van der Waals surface area contributed by atoms with E-state index in [-0.39, 0.29) is 11.9 Å². The molecule has 2 aromatic rings. The summed E-state index contributed by atoms with van der Waals surface area (Å²) in [5.74, 6) is 1.64. The number of carbonyl (C=O) groups excluding carboxylic acids is 1. The predicted molar refractivity (Wildman–Crippen MR) is 102 cm³/mol. The normalized spacial score (nSPS) is 24.6. The van der Waals surface area contributed by atoms with Gasteiger partial charge in [-0.1, -0.05) is 17.3 Å². The van der Waals surface area contributed by atoms with Gasteiger partial charge >= 0.3 is 0 Å². The van der Waals surface area contributed by atoms with Crippen molar-refractivity contribution in [3.63, 3.8) is 0 Å². The minimum absolute atomic E-state index is 0.0400. The number of fused-ring (bicyclic) bond motifs is 2. The van der Waals surface area contributed by atoms with Crippen LogP contribution in [0.1, 0.15) is 53.1 Å². The van der Waals surface area contributed by atoms with Crippen LogP contribution < -0.4 is 10.6 Å². The fourth-order valence-corrected chi connectivity index (χ4v) is 5.28. The molecular formula is C20H25N3O2S. The van der Waals surface area contributed by atoms with Gasteiger partial charge in [0.05, 0.1) is 11.3 Å². The molecule has 5 nitrogen and oxygen atoms in total. The van der Waals surface area contributed by atoms with E-state index in [0.29, 0.717) is 12.1 Å². The molecule has 2 fully saturated rings. The van der Waals surface area contributed by atoms with E-state index in [0.717, 1.165) is 46.1 Å². The molecule has 0 spiro atoms. The lowest BCUT2D eigenvalue weighted by atomic mass is 9.99. The summed E-state index contributed by atoms with van der Waals surface area (Å²) < 4.78 is 5.24. The van der Waals surface area contributed by atoms with Crippen molar-refractivity contribution in [2.75, 3.05) is 0 Å². The number of nitrogens with zero attached hydrogens (tertiary/aromatic N) is 1. The average Bonchev–Trinajstić information content (AvgIpc) is 3.14. The molecule has 2 N–H and O–H groups in total. The van der Waals surface area contributed by atoms with E-state index in [1.165, 1.54) is 12.8 Å². The van der Waals surface area contributed by atoms with Gasteiger partial charge in [-0.25, -0.2) is 0 Å². The molecule has 4 rings (SSSR count). The Morgan fingerprint density at radius 1 is 1.27 bits per heavy atom. The first-order valence-electron chi connectivity index (χ1n) is 9.30. The lowest BCUT2D eigenvalue weighted by Gasteiger charge is -2.29.